The topological polar surface area (TPSA) is 0 Å². The maximum absolute atomic E-state index is 2.74. The predicted molar refractivity (Wildman–Crippen MR) is 131 cm³/mol. The largest absolute Gasteiger partial charge is 0.0851 e. The zero-order chi connectivity index (χ0) is 21.7. The minimum Gasteiger partial charge on any atom is -0.0851 e. The summed E-state index contributed by atoms with van der Waals surface area (Å²) in [5.41, 5.74) is 2.97. The van der Waals surface area contributed by atoms with Gasteiger partial charge in [0.1, 0.15) is 0 Å². The van der Waals surface area contributed by atoms with Crippen molar-refractivity contribution in [3.8, 4) is 0 Å². The van der Waals surface area contributed by atoms with E-state index in [2.05, 4.69) is 66.7 Å². The molecule has 0 aromatic rings. The SMILES string of the molecule is CC[C@H](/C=C/[C@@H](C)[C@H]1CC[C@@H]2[C@H]3CC=C4C[C@@H](C)CC[C@]4(C)[C@H]3CC[C@@]21C)C(C)C. The molecule has 0 aromatic carbocycles. The molecule has 170 valence electrons. The summed E-state index contributed by atoms with van der Waals surface area (Å²) in [6, 6.07) is 0. The summed E-state index contributed by atoms with van der Waals surface area (Å²) in [4.78, 5) is 0. The smallest absolute Gasteiger partial charge is 0.00851 e. The Morgan fingerprint density at radius 1 is 1.00 bits per heavy atom. The fourth-order valence-electron chi connectivity index (χ4n) is 9.03. The van der Waals surface area contributed by atoms with Crippen LogP contribution >= 0.6 is 0 Å². The minimum absolute atomic E-state index is 0.534. The summed E-state index contributed by atoms with van der Waals surface area (Å²) in [6.45, 7) is 17.5. The van der Waals surface area contributed by atoms with Crippen molar-refractivity contribution in [2.75, 3.05) is 0 Å². The van der Waals surface area contributed by atoms with E-state index in [9.17, 15) is 0 Å². The van der Waals surface area contributed by atoms with Gasteiger partial charge in [0.15, 0.2) is 0 Å². The highest BCUT2D eigenvalue weighted by Gasteiger charge is 2.58. The Balaban J connectivity index is 1.52. The van der Waals surface area contributed by atoms with Gasteiger partial charge in [0, 0.05) is 0 Å². The second kappa shape index (κ2) is 8.44. The lowest BCUT2D eigenvalue weighted by atomic mass is 9.46. The van der Waals surface area contributed by atoms with Gasteiger partial charge in [-0.25, -0.2) is 0 Å². The number of hydrogen-bond acceptors (Lipinski definition) is 0. The molecular weight excluding hydrogens is 360 g/mol. The van der Waals surface area contributed by atoms with Crippen LogP contribution in [0.5, 0.6) is 0 Å². The van der Waals surface area contributed by atoms with Crippen LogP contribution < -0.4 is 0 Å². The predicted octanol–water partition coefficient (Wildman–Crippen LogP) is 9.08. The molecule has 30 heavy (non-hydrogen) atoms. The molecule has 0 aromatic heterocycles. The first-order chi connectivity index (χ1) is 14.2. The first kappa shape index (κ1) is 22.7. The average Bonchev–Trinajstić information content (AvgIpc) is 3.06. The van der Waals surface area contributed by atoms with Crippen LogP contribution in [0, 0.1) is 58.2 Å². The molecule has 0 heteroatoms. The van der Waals surface area contributed by atoms with Crippen LogP contribution in [0.25, 0.3) is 0 Å². The van der Waals surface area contributed by atoms with Gasteiger partial charge in [0.2, 0.25) is 0 Å². The van der Waals surface area contributed by atoms with Crippen molar-refractivity contribution < 1.29 is 0 Å². The Kier molecular flexibility index (Phi) is 6.38. The van der Waals surface area contributed by atoms with Crippen LogP contribution in [0.3, 0.4) is 0 Å². The Morgan fingerprint density at radius 3 is 2.47 bits per heavy atom. The molecule has 0 bridgehead atoms. The van der Waals surface area contributed by atoms with Crippen molar-refractivity contribution in [3.05, 3.63) is 23.8 Å². The summed E-state index contributed by atoms with van der Waals surface area (Å²) in [7, 11) is 0. The second-order valence-electron chi connectivity index (χ2n) is 12.9. The summed E-state index contributed by atoms with van der Waals surface area (Å²) >= 11 is 0. The van der Waals surface area contributed by atoms with E-state index in [0.717, 1.165) is 47.3 Å². The molecule has 0 spiro atoms. The van der Waals surface area contributed by atoms with Gasteiger partial charge in [-0.05, 0) is 116 Å². The molecule has 0 aliphatic heterocycles. The third kappa shape index (κ3) is 3.67. The van der Waals surface area contributed by atoms with Gasteiger partial charge in [0.25, 0.3) is 0 Å². The molecule has 4 aliphatic rings. The third-order valence-corrected chi connectivity index (χ3v) is 11.0. The molecule has 0 amide bonds. The molecule has 4 aliphatic carbocycles. The first-order valence-electron chi connectivity index (χ1n) is 13.6. The fourth-order valence-corrected chi connectivity index (χ4v) is 9.03. The van der Waals surface area contributed by atoms with Crippen LogP contribution in [0.4, 0.5) is 0 Å². The minimum atomic E-state index is 0.534. The lowest BCUT2D eigenvalue weighted by molar-refractivity contribution is -0.0486. The quantitative estimate of drug-likeness (QED) is 0.396. The third-order valence-electron chi connectivity index (χ3n) is 11.0. The Hall–Kier alpha value is -0.520. The zero-order valence-corrected chi connectivity index (χ0v) is 21.2. The molecule has 4 rings (SSSR count). The number of rotatable bonds is 5. The summed E-state index contributed by atoms with van der Waals surface area (Å²) in [5, 5.41) is 0. The molecule has 0 unspecified atom stereocenters. The highest BCUT2D eigenvalue weighted by Crippen LogP contribution is 2.67. The van der Waals surface area contributed by atoms with Gasteiger partial charge >= 0.3 is 0 Å². The van der Waals surface area contributed by atoms with Crippen LogP contribution in [-0.4, -0.2) is 0 Å². The Morgan fingerprint density at radius 2 is 1.77 bits per heavy atom. The van der Waals surface area contributed by atoms with E-state index < -0.39 is 0 Å². The van der Waals surface area contributed by atoms with Crippen LogP contribution in [0.2, 0.25) is 0 Å². The van der Waals surface area contributed by atoms with Crippen molar-refractivity contribution >= 4 is 0 Å². The first-order valence-corrected chi connectivity index (χ1v) is 13.6. The van der Waals surface area contributed by atoms with E-state index in [1.807, 2.05) is 5.57 Å². The van der Waals surface area contributed by atoms with Gasteiger partial charge in [-0.15, -0.1) is 0 Å². The van der Waals surface area contributed by atoms with E-state index in [1.165, 1.54) is 57.8 Å². The average molecular weight is 411 g/mol. The maximum atomic E-state index is 2.74. The van der Waals surface area contributed by atoms with Crippen LogP contribution in [0.15, 0.2) is 23.8 Å². The molecule has 0 radical (unpaired) electrons. The van der Waals surface area contributed by atoms with E-state index in [1.54, 1.807) is 0 Å². The highest BCUT2D eigenvalue weighted by atomic mass is 14.6. The van der Waals surface area contributed by atoms with E-state index >= 15 is 0 Å². The second-order valence-corrected chi connectivity index (χ2v) is 12.9. The van der Waals surface area contributed by atoms with Crippen LogP contribution in [0.1, 0.15) is 106 Å². The Bertz CT molecular complexity index is 668. The van der Waals surface area contributed by atoms with Crippen molar-refractivity contribution in [3.63, 3.8) is 0 Å². The van der Waals surface area contributed by atoms with Gasteiger partial charge in [-0.1, -0.05) is 72.3 Å². The maximum Gasteiger partial charge on any atom is -0.00851 e. The highest BCUT2D eigenvalue weighted by molar-refractivity contribution is 5.25. The van der Waals surface area contributed by atoms with Crippen molar-refractivity contribution in [2.24, 2.45) is 58.2 Å². The van der Waals surface area contributed by atoms with Crippen molar-refractivity contribution in [1.82, 2.24) is 0 Å². The lowest BCUT2D eigenvalue weighted by Gasteiger charge is -2.58. The Labute approximate surface area is 188 Å². The molecule has 0 saturated heterocycles. The van der Waals surface area contributed by atoms with E-state index in [-0.39, 0.29) is 0 Å². The standard InChI is InChI=1S/C30H50/c1-8-23(20(2)3)10-9-22(5)26-13-14-27-25-12-11-24-19-21(4)15-17-29(24,6)28(25)16-18-30(26,27)7/h9-11,20-23,25-28H,8,12-19H2,1-7H3/b10-9+/t21-,22+,23+,25+,26+,27+,28-,29-,30+/m0/s1. The van der Waals surface area contributed by atoms with Crippen molar-refractivity contribution in [2.45, 2.75) is 106 Å². The van der Waals surface area contributed by atoms with Gasteiger partial charge in [-0.3, -0.25) is 0 Å². The number of fused-ring (bicyclic) bond motifs is 5. The van der Waals surface area contributed by atoms with Gasteiger partial charge < -0.3 is 0 Å². The molecule has 3 fully saturated rings. The molecular formula is C30H50. The summed E-state index contributed by atoms with van der Waals surface area (Å²) in [5.74, 6) is 6.98. The number of hydrogen-bond donors (Lipinski definition) is 0. The van der Waals surface area contributed by atoms with Gasteiger partial charge in [0.05, 0.1) is 0 Å². The summed E-state index contributed by atoms with van der Waals surface area (Å²) < 4.78 is 0. The fraction of sp³-hybridized carbons (Fsp3) is 0.867. The summed E-state index contributed by atoms with van der Waals surface area (Å²) in [6.07, 6.45) is 20.9. The van der Waals surface area contributed by atoms with Crippen molar-refractivity contribution in [1.29, 1.82) is 0 Å². The van der Waals surface area contributed by atoms with Gasteiger partial charge in [-0.2, -0.15) is 0 Å². The number of allylic oxidation sites excluding steroid dienone is 4. The van der Waals surface area contributed by atoms with Crippen LogP contribution in [-0.2, 0) is 0 Å². The van der Waals surface area contributed by atoms with E-state index in [4.69, 9.17) is 0 Å². The molecule has 0 heterocycles. The molecule has 9 atom stereocenters. The zero-order valence-electron chi connectivity index (χ0n) is 21.2. The molecule has 0 N–H and O–H groups in total. The lowest BCUT2D eigenvalue weighted by Crippen LogP contribution is -2.50. The normalized spacial score (nSPS) is 45.6. The van der Waals surface area contributed by atoms with E-state index in [0.29, 0.717) is 10.8 Å². The molecule has 3 saturated carbocycles. The molecule has 0 nitrogen and oxygen atoms in total. The monoisotopic (exact) mass is 410 g/mol.